The van der Waals surface area contributed by atoms with E-state index in [1.807, 2.05) is 25.1 Å². The van der Waals surface area contributed by atoms with Crippen molar-refractivity contribution in [3.05, 3.63) is 35.1 Å². The van der Waals surface area contributed by atoms with Gasteiger partial charge in [0, 0.05) is 27.2 Å². The molecule has 3 aromatic rings. The van der Waals surface area contributed by atoms with Crippen LogP contribution in [0.25, 0.3) is 22.0 Å². The van der Waals surface area contributed by atoms with Crippen molar-refractivity contribution in [3.63, 3.8) is 0 Å². The number of nitrogens with zero attached hydrogens (tertiary/aromatic N) is 1. The average molecular weight is 248 g/mol. The third-order valence-electron chi connectivity index (χ3n) is 2.73. The van der Waals surface area contributed by atoms with Crippen molar-refractivity contribution in [2.24, 2.45) is 0 Å². The number of aromatic nitrogens is 2. The highest BCUT2D eigenvalue weighted by atomic mass is 35.5. The Kier molecular flexibility index (Phi) is 2.12. The van der Waals surface area contributed by atoms with Crippen LogP contribution >= 0.6 is 11.6 Å². The molecular formula is C12H10ClN3O. The van der Waals surface area contributed by atoms with Gasteiger partial charge >= 0.3 is 0 Å². The molecule has 5 heteroatoms. The number of anilines is 1. The standard InChI is InChI=1S/C12H10ClN3O/c1-6-2-7-3-10(13)8(4-11(7)16-6)9-5-15-17-12(9)14/h2-5,16H,14H2,1H3. The molecule has 0 fully saturated rings. The minimum atomic E-state index is 0.273. The average Bonchev–Trinajstić information content (AvgIpc) is 2.82. The smallest absolute Gasteiger partial charge is 0.230 e. The molecule has 86 valence electrons. The Morgan fingerprint density at radius 3 is 2.82 bits per heavy atom. The van der Waals surface area contributed by atoms with Gasteiger partial charge in [-0.05, 0) is 25.1 Å². The maximum absolute atomic E-state index is 6.24. The van der Waals surface area contributed by atoms with Crippen molar-refractivity contribution in [3.8, 4) is 11.1 Å². The molecule has 0 aliphatic rings. The van der Waals surface area contributed by atoms with Gasteiger partial charge in [-0.3, -0.25) is 0 Å². The lowest BCUT2D eigenvalue weighted by molar-refractivity contribution is 0.436. The number of aromatic amines is 1. The predicted octanol–water partition coefficient (Wildman–Crippen LogP) is 3.37. The van der Waals surface area contributed by atoms with Crippen LogP contribution in [0, 0.1) is 6.92 Å². The molecule has 0 radical (unpaired) electrons. The fourth-order valence-electron chi connectivity index (χ4n) is 1.96. The summed E-state index contributed by atoms with van der Waals surface area (Å²) < 4.78 is 4.85. The number of fused-ring (bicyclic) bond motifs is 1. The molecule has 0 saturated heterocycles. The minimum absolute atomic E-state index is 0.273. The number of nitrogen functional groups attached to an aromatic ring is 1. The van der Waals surface area contributed by atoms with Crippen LogP contribution in [-0.4, -0.2) is 10.1 Å². The fraction of sp³-hybridized carbons (Fsp3) is 0.0833. The molecule has 0 spiro atoms. The van der Waals surface area contributed by atoms with E-state index >= 15 is 0 Å². The second kappa shape index (κ2) is 3.53. The van der Waals surface area contributed by atoms with Crippen molar-refractivity contribution >= 4 is 28.4 Å². The molecule has 0 bridgehead atoms. The number of H-pyrrole nitrogens is 1. The predicted molar refractivity (Wildman–Crippen MR) is 68.0 cm³/mol. The molecule has 3 rings (SSSR count). The van der Waals surface area contributed by atoms with E-state index in [4.69, 9.17) is 21.9 Å². The number of hydrogen-bond acceptors (Lipinski definition) is 3. The number of nitrogens with two attached hydrogens (primary N) is 1. The first-order chi connectivity index (χ1) is 8.15. The van der Waals surface area contributed by atoms with E-state index in [9.17, 15) is 0 Å². The molecule has 4 nitrogen and oxygen atoms in total. The monoisotopic (exact) mass is 247 g/mol. The Morgan fingerprint density at radius 1 is 1.29 bits per heavy atom. The van der Waals surface area contributed by atoms with E-state index in [0.29, 0.717) is 10.6 Å². The van der Waals surface area contributed by atoms with Gasteiger partial charge < -0.3 is 15.2 Å². The lowest BCUT2D eigenvalue weighted by atomic mass is 10.1. The maximum atomic E-state index is 6.24. The van der Waals surface area contributed by atoms with Gasteiger partial charge in [-0.1, -0.05) is 16.8 Å². The summed E-state index contributed by atoms with van der Waals surface area (Å²) in [6.07, 6.45) is 1.57. The van der Waals surface area contributed by atoms with Gasteiger partial charge in [0.05, 0.1) is 11.8 Å². The molecular weight excluding hydrogens is 238 g/mol. The van der Waals surface area contributed by atoms with Crippen LogP contribution in [0.4, 0.5) is 5.88 Å². The highest BCUT2D eigenvalue weighted by Gasteiger charge is 2.12. The SMILES string of the molecule is Cc1cc2cc(Cl)c(-c3cnoc3N)cc2[nH]1. The number of aryl methyl sites for hydroxylation is 1. The van der Waals surface area contributed by atoms with Crippen LogP contribution in [0.1, 0.15) is 5.69 Å². The topological polar surface area (TPSA) is 67.8 Å². The number of hydrogen-bond donors (Lipinski definition) is 2. The molecule has 0 aliphatic carbocycles. The Labute approximate surface area is 102 Å². The summed E-state index contributed by atoms with van der Waals surface area (Å²) in [5.41, 5.74) is 9.33. The lowest BCUT2D eigenvalue weighted by Gasteiger charge is -2.02. The largest absolute Gasteiger partial charge is 0.367 e. The first-order valence-corrected chi connectivity index (χ1v) is 5.52. The zero-order valence-corrected chi connectivity index (χ0v) is 9.88. The lowest BCUT2D eigenvalue weighted by Crippen LogP contribution is -1.86. The van der Waals surface area contributed by atoms with Gasteiger partial charge in [0.25, 0.3) is 0 Å². The van der Waals surface area contributed by atoms with Gasteiger partial charge in [-0.25, -0.2) is 0 Å². The molecule has 0 atom stereocenters. The summed E-state index contributed by atoms with van der Waals surface area (Å²) in [7, 11) is 0. The normalized spacial score (nSPS) is 11.2. The van der Waals surface area contributed by atoms with Gasteiger partial charge in [-0.2, -0.15) is 0 Å². The third-order valence-corrected chi connectivity index (χ3v) is 3.04. The number of halogens is 1. The first-order valence-electron chi connectivity index (χ1n) is 5.14. The molecule has 3 N–H and O–H groups in total. The van der Waals surface area contributed by atoms with Crippen molar-refractivity contribution < 1.29 is 4.52 Å². The molecule has 2 aromatic heterocycles. The highest BCUT2D eigenvalue weighted by Crippen LogP contribution is 2.35. The molecule has 2 heterocycles. The molecule has 1 aromatic carbocycles. The highest BCUT2D eigenvalue weighted by molar-refractivity contribution is 6.34. The first kappa shape index (κ1) is 10.2. The number of benzene rings is 1. The van der Waals surface area contributed by atoms with Gasteiger partial charge in [0.2, 0.25) is 5.88 Å². The summed E-state index contributed by atoms with van der Waals surface area (Å²) in [5.74, 6) is 0.273. The van der Waals surface area contributed by atoms with Gasteiger partial charge in [0.15, 0.2) is 0 Å². The fourth-order valence-corrected chi connectivity index (χ4v) is 2.23. The van der Waals surface area contributed by atoms with Crippen molar-refractivity contribution in [1.29, 1.82) is 0 Å². The number of rotatable bonds is 1. The van der Waals surface area contributed by atoms with E-state index in [1.54, 1.807) is 6.20 Å². The van der Waals surface area contributed by atoms with Crippen LogP contribution in [0.5, 0.6) is 0 Å². The van der Waals surface area contributed by atoms with Crippen LogP contribution < -0.4 is 5.73 Å². The van der Waals surface area contributed by atoms with Crippen molar-refractivity contribution in [2.45, 2.75) is 6.92 Å². The van der Waals surface area contributed by atoms with Gasteiger partial charge in [-0.15, -0.1) is 0 Å². The van der Waals surface area contributed by atoms with Crippen LogP contribution in [0.15, 0.2) is 28.9 Å². The Bertz CT molecular complexity index is 699. The van der Waals surface area contributed by atoms with Crippen LogP contribution in [0.3, 0.4) is 0 Å². The van der Waals surface area contributed by atoms with E-state index in [-0.39, 0.29) is 5.88 Å². The summed E-state index contributed by atoms with van der Waals surface area (Å²) in [6, 6.07) is 5.90. The second-order valence-corrected chi connectivity index (χ2v) is 4.38. The van der Waals surface area contributed by atoms with E-state index in [0.717, 1.165) is 22.2 Å². The molecule has 0 amide bonds. The molecule has 0 aliphatic heterocycles. The third kappa shape index (κ3) is 1.57. The molecule has 17 heavy (non-hydrogen) atoms. The minimum Gasteiger partial charge on any atom is -0.367 e. The van der Waals surface area contributed by atoms with E-state index in [2.05, 4.69) is 10.1 Å². The zero-order chi connectivity index (χ0) is 12.0. The zero-order valence-electron chi connectivity index (χ0n) is 9.12. The van der Waals surface area contributed by atoms with Gasteiger partial charge in [0.1, 0.15) is 0 Å². The molecule has 0 saturated carbocycles. The Hall–Kier alpha value is -1.94. The second-order valence-electron chi connectivity index (χ2n) is 3.98. The summed E-state index contributed by atoms with van der Waals surface area (Å²) in [4.78, 5) is 3.26. The Balaban J connectivity index is 2.29. The summed E-state index contributed by atoms with van der Waals surface area (Å²) in [5, 5.41) is 5.36. The van der Waals surface area contributed by atoms with E-state index < -0.39 is 0 Å². The quantitative estimate of drug-likeness (QED) is 0.693. The van der Waals surface area contributed by atoms with Crippen molar-refractivity contribution in [2.75, 3.05) is 5.73 Å². The van der Waals surface area contributed by atoms with Crippen LogP contribution in [-0.2, 0) is 0 Å². The van der Waals surface area contributed by atoms with Crippen molar-refractivity contribution in [1.82, 2.24) is 10.1 Å². The number of nitrogens with one attached hydrogen (secondary N) is 1. The molecule has 0 unspecified atom stereocenters. The van der Waals surface area contributed by atoms with Crippen LogP contribution in [0.2, 0.25) is 5.02 Å². The Morgan fingerprint density at radius 2 is 2.12 bits per heavy atom. The maximum Gasteiger partial charge on any atom is 0.230 e. The summed E-state index contributed by atoms with van der Waals surface area (Å²) >= 11 is 6.24. The van der Waals surface area contributed by atoms with E-state index in [1.165, 1.54) is 0 Å². The summed E-state index contributed by atoms with van der Waals surface area (Å²) in [6.45, 7) is 2.00.